The normalized spacial score (nSPS) is 10.6. The predicted molar refractivity (Wildman–Crippen MR) is 105 cm³/mol. The molecule has 0 fully saturated rings. The summed E-state index contributed by atoms with van der Waals surface area (Å²) in [6.45, 7) is 3.08. The second-order valence-corrected chi connectivity index (χ2v) is 6.11. The fourth-order valence-electron chi connectivity index (χ4n) is 2.66. The molecule has 0 spiro atoms. The van der Waals surface area contributed by atoms with E-state index in [2.05, 4.69) is 17.1 Å². The van der Waals surface area contributed by atoms with Crippen LogP contribution in [-0.4, -0.2) is 36.0 Å². The number of carbonyl (C=O) groups excluding carboxylic acids is 1. The molecule has 0 atom stereocenters. The average Bonchev–Trinajstić information content (AvgIpc) is 2.73. The molecule has 0 aliphatic rings. The molecular weight excluding hydrogens is 360 g/mol. The molecule has 0 bridgehead atoms. The van der Waals surface area contributed by atoms with Gasteiger partial charge in [0.05, 0.1) is 24.1 Å². The number of rotatable bonds is 9. The van der Waals surface area contributed by atoms with Crippen molar-refractivity contribution in [3.63, 3.8) is 0 Å². The maximum atomic E-state index is 12.1. The van der Waals surface area contributed by atoms with Crippen LogP contribution in [0, 0.1) is 0 Å². The molecule has 28 heavy (non-hydrogen) atoms. The van der Waals surface area contributed by atoms with Crippen molar-refractivity contribution < 1.29 is 19.0 Å². The number of H-pyrrole nitrogens is 1. The summed E-state index contributed by atoms with van der Waals surface area (Å²) in [6, 6.07) is 14.3. The molecule has 0 aliphatic heterocycles. The lowest BCUT2D eigenvalue weighted by Crippen LogP contribution is -2.17. The molecule has 0 saturated heterocycles. The van der Waals surface area contributed by atoms with E-state index in [4.69, 9.17) is 14.2 Å². The Morgan fingerprint density at radius 2 is 1.57 bits per heavy atom. The highest BCUT2D eigenvalue weighted by atomic mass is 16.6. The van der Waals surface area contributed by atoms with E-state index in [0.29, 0.717) is 28.8 Å². The number of esters is 1. The summed E-state index contributed by atoms with van der Waals surface area (Å²) in [6.07, 6.45) is 0.925. The molecule has 0 amide bonds. The minimum atomic E-state index is -0.434. The molecular formula is C21H22N2O5. The molecule has 3 rings (SSSR count). The number of aromatic nitrogens is 2. The maximum absolute atomic E-state index is 12.1. The second kappa shape index (κ2) is 9.55. The Morgan fingerprint density at radius 1 is 0.929 bits per heavy atom. The van der Waals surface area contributed by atoms with Gasteiger partial charge in [0, 0.05) is 5.39 Å². The summed E-state index contributed by atoms with van der Waals surface area (Å²) in [5.74, 6) is 1.03. The van der Waals surface area contributed by atoms with E-state index in [1.807, 2.05) is 24.3 Å². The van der Waals surface area contributed by atoms with E-state index in [1.54, 1.807) is 24.3 Å². The number of nitrogens with zero attached hydrogens (tertiary/aromatic N) is 1. The molecule has 1 heterocycles. The summed E-state index contributed by atoms with van der Waals surface area (Å²) in [7, 11) is 0. The molecule has 7 nitrogen and oxygen atoms in total. The number of hydrogen-bond donors (Lipinski definition) is 1. The quantitative estimate of drug-likeness (QED) is 0.452. The number of fused-ring (bicyclic) bond motifs is 1. The van der Waals surface area contributed by atoms with E-state index in [1.165, 1.54) is 0 Å². The van der Waals surface area contributed by atoms with Crippen LogP contribution in [0.25, 0.3) is 10.8 Å². The second-order valence-electron chi connectivity index (χ2n) is 6.11. The maximum Gasteiger partial charge on any atom is 0.312 e. The van der Waals surface area contributed by atoms with Gasteiger partial charge in [0.2, 0.25) is 0 Å². The van der Waals surface area contributed by atoms with E-state index in [-0.39, 0.29) is 25.2 Å². The van der Waals surface area contributed by atoms with Crippen LogP contribution in [0.5, 0.6) is 11.5 Å². The standard InChI is InChI=1S/C21H22N2O5/c1-2-11-26-15-7-9-16(10-8-15)27-12-13-28-20(24)14-19-17-5-3-4-6-18(17)21(25)23-22-19/h3-10H,2,11-14H2,1H3,(H,23,25). The highest BCUT2D eigenvalue weighted by Crippen LogP contribution is 2.17. The first-order valence-corrected chi connectivity index (χ1v) is 9.15. The highest BCUT2D eigenvalue weighted by molar-refractivity contribution is 5.86. The van der Waals surface area contributed by atoms with Gasteiger partial charge in [-0.15, -0.1) is 0 Å². The summed E-state index contributed by atoms with van der Waals surface area (Å²) < 4.78 is 16.3. The Balaban J connectivity index is 1.46. The highest BCUT2D eigenvalue weighted by Gasteiger charge is 2.11. The van der Waals surface area contributed by atoms with E-state index in [0.717, 1.165) is 12.2 Å². The van der Waals surface area contributed by atoms with Gasteiger partial charge in [-0.3, -0.25) is 9.59 Å². The smallest absolute Gasteiger partial charge is 0.312 e. The summed E-state index contributed by atoms with van der Waals surface area (Å²) in [5, 5.41) is 7.51. The monoisotopic (exact) mass is 382 g/mol. The number of carbonyl (C=O) groups is 1. The van der Waals surface area contributed by atoms with Crippen molar-refractivity contribution in [3.05, 3.63) is 64.6 Å². The van der Waals surface area contributed by atoms with Crippen LogP contribution < -0.4 is 15.0 Å². The van der Waals surface area contributed by atoms with Crippen LogP contribution in [0.2, 0.25) is 0 Å². The molecule has 0 radical (unpaired) electrons. The zero-order chi connectivity index (χ0) is 19.8. The number of nitrogens with one attached hydrogen (secondary N) is 1. The summed E-state index contributed by atoms with van der Waals surface area (Å²) in [4.78, 5) is 23.8. The molecule has 0 saturated carbocycles. The van der Waals surface area contributed by atoms with Crippen molar-refractivity contribution in [2.45, 2.75) is 19.8 Å². The molecule has 1 aromatic heterocycles. The molecule has 0 unspecified atom stereocenters. The lowest BCUT2D eigenvalue weighted by molar-refractivity contribution is -0.143. The average molecular weight is 382 g/mol. The van der Waals surface area contributed by atoms with E-state index < -0.39 is 5.97 Å². The van der Waals surface area contributed by atoms with Crippen molar-refractivity contribution in [1.29, 1.82) is 0 Å². The number of aromatic amines is 1. The van der Waals surface area contributed by atoms with Crippen molar-refractivity contribution in [2.75, 3.05) is 19.8 Å². The Hall–Kier alpha value is -3.35. The van der Waals surface area contributed by atoms with Crippen LogP contribution in [-0.2, 0) is 16.0 Å². The van der Waals surface area contributed by atoms with Crippen molar-refractivity contribution in [1.82, 2.24) is 10.2 Å². The molecule has 1 N–H and O–H groups in total. The number of benzene rings is 2. The summed E-state index contributed by atoms with van der Waals surface area (Å²) in [5.41, 5.74) is 0.191. The number of hydrogen-bond acceptors (Lipinski definition) is 6. The van der Waals surface area contributed by atoms with Gasteiger partial charge in [0.15, 0.2) is 0 Å². The van der Waals surface area contributed by atoms with Gasteiger partial charge in [-0.2, -0.15) is 5.10 Å². The van der Waals surface area contributed by atoms with Crippen LogP contribution >= 0.6 is 0 Å². The van der Waals surface area contributed by atoms with Gasteiger partial charge in [0.25, 0.3) is 5.56 Å². The van der Waals surface area contributed by atoms with Crippen molar-refractivity contribution in [3.8, 4) is 11.5 Å². The first-order valence-electron chi connectivity index (χ1n) is 9.15. The Kier molecular flexibility index (Phi) is 6.62. The Labute approximate surface area is 162 Å². The summed E-state index contributed by atoms with van der Waals surface area (Å²) >= 11 is 0. The lowest BCUT2D eigenvalue weighted by Gasteiger charge is -2.09. The molecule has 7 heteroatoms. The molecule has 146 valence electrons. The van der Waals surface area contributed by atoms with Crippen molar-refractivity contribution in [2.24, 2.45) is 0 Å². The fraction of sp³-hybridized carbons (Fsp3) is 0.286. The van der Waals surface area contributed by atoms with Crippen LogP contribution in [0.1, 0.15) is 19.0 Å². The lowest BCUT2D eigenvalue weighted by atomic mass is 10.1. The SMILES string of the molecule is CCCOc1ccc(OCCOC(=O)Cc2n[nH]c(=O)c3ccccc23)cc1. The topological polar surface area (TPSA) is 90.5 Å². The van der Waals surface area contributed by atoms with Gasteiger partial charge < -0.3 is 14.2 Å². The minimum Gasteiger partial charge on any atom is -0.494 e. The first-order chi connectivity index (χ1) is 13.7. The van der Waals surface area contributed by atoms with Gasteiger partial charge in [-0.05, 0) is 36.8 Å². The third-order valence-corrected chi connectivity index (χ3v) is 4.00. The largest absolute Gasteiger partial charge is 0.494 e. The fourth-order valence-corrected chi connectivity index (χ4v) is 2.66. The van der Waals surface area contributed by atoms with Crippen molar-refractivity contribution >= 4 is 16.7 Å². The predicted octanol–water partition coefficient (Wildman–Crippen LogP) is 2.88. The number of ether oxygens (including phenoxy) is 3. The molecule has 0 aliphatic carbocycles. The first kappa shape index (κ1) is 19.4. The third kappa shape index (κ3) is 5.09. The molecule has 3 aromatic rings. The van der Waals surface area contributed by atoms with Gasteiger partial charge in [0.1, 0.15) is 24.7 Å². The molecule has 2 aromatic carbocycles. The van der Waals surface area contributed by atoms with Crippen LogP contribution in [0.15, 0.2) is 53.3 Å². The van der Waals surface area contributed by atoms with Crippen LogP contribution in [0.4, 0.5) is 0 Å². The Bertz CT molecular complexity index is 982. The Morgan fingerprint density at radius 3 is 2.25 bits per heavy atom. The third-order valence-electron chi connectivity index (χ3n) is 4.00. The van der Waals surface area contributed by atoms with Gasteiger partial charge in [-0.1, -0.05) is 25.1 Å². The zero-order valence-electron chi connectivity index (χ0n) is 15.6. The van der Waals surface area contributed by atoms with E-state index in [9.17, 15) is 9.59 Å². The van der Waals surface area contributed by atoms with Crippen LogP contribution in [0.3, 0.4) is 0 Å². The van der Waals surface area contributed by atoms with Gasteiger partial charge >= 0.3 is 5.97 Å². The zero-order valence-corrected chi connectivity index (χ0v) is 15.6. The van der Waals surface area contributed by atoms with Gasteiger partial charge in [-0.25, -0.2) is 5.10 Å². The minimum absolute atomic E-state index is 0.0270. The van der Waals surface area contributed by atoms with E-state index >= 15 is 0 Å².